The smallest absolute Gasteiger partial charge is 0.311 e. The maximum absolute atomic E-state index is 12.9. The van der Waals surface area contributed by atoms with Crippen LogP contribution in [0.3, 0.4) is 0 Å². The van der Waals surface area contributed by atoms with Gasteiger partial charge in [0.1, 0.15) is 6.07 Å². The zero-order valence-corrected chi connectivity index (χ0v) is 9.61. The second-order valence-electron chi connectivity index (χ2n) is 3.38. The average molecular weight is 255 g/mol. The molecule has 1 rings (SSSR count). The summed E-state index contributed by atoms with van der Waals surface area (Å²) in [6.07, 6.45) is -2.09. The summed E-state index contributed by atoms with van der Waals surface area (Å²) >= 11 is 0. The van der Waals surface area contributed by atoms with Gasteiger partial charge in [0.05, 0.1) is 24.8 Å². The summed E-state index contributed by atoms with van der Waals surface area (Å²) in [4.78, 5) is 14.9. The van der Waals surface area contributed by atoms with Crippen LogP contribution in [0.15, 0.2) is 6.20 Å². The number of nitrogens with zero attached hydrogens (tertiary/aromatic N) is 2. The first kappa shape index (κ1) is 14.0. The normalized spacial score (nSPS) is 10.2. The minimum atomic E-state index is -2.85. The molecule has 0 amide bonds. The lowest BCUT2D eigenvalue weighted by Crippen LogP contribution is -2.14. The molecule has 96 valence electrons. The van der Waals surface area contributed by atoms with Gasteiger partial charge < -0.3 is 10.5 Å². The lowest BCUT2D eigenvalue weighted by Gasteiger charge is -2.12. The van der Waals surface area contributed by atoms with E-state index in [1.54, 1.807) is 6.07 Å². The summed E-state index contributed by atoms with van der Waals surface area (Å²) < 4.78 is 30.3. The lowest BCUT2D eigenvalue weighted by atomic mass is 10.0. The zero-order valence-electron chi connectivity index (χ0n) is 9.61. The number of aromatic nitrogens is 1. The van der Waals surface area contributed by atoms with Crippen molar-refractivity contribution in [3.05, 3.63) is 28.6 Å². The van der Waals surface area contributed by atoms with E-state index in [0.29, 0.717) is 0 Å². The topological polar surface area (TPSA) is 89.0 Å². The molecular weight excluding hydrogens is 244 g/mol. The van der Waals surface area contributed by atoms with Crippen LogP contribution in [0.25, 0.3) is 0 Å². The minimum absolute atomic E-state index is 0.0226. The number of rotatable bonds is 4. The summed E-state index contributed by atoms with van der Waals surface area (Å²) in [6.45, 7) is -0.228. The van der Waals surface area contributed by atoms with E-state index >= 15 is 0 Å². The Hall–Kier alpha value is -2.07. The number of carbonyl (C=O) groups is 1. The number of hydrogen-bond donors (Lipinski definition) is 1. The van der Waals surface area contributed by atoms with Crippen molar-refractivity contribution in [2.75, 3.05) is 7.11 Å². The quantitative estimate of drug-likeness (QED) is 0.813. The van der Waals surface area contributed by atoms with E-state index in [1.165, 1.54) is 7.11 Å². The third-order valence-electron chi connectivity index (χ3n) is 2.40. The molecule has 0 aromatic carbocycles. The van der Waals surface area contributed by atoms with Crippen LogP contribution >= 0.6 is 0 Å². The molecule has 0 spiro atoms. The van der Waals surface area contributed by atoms with Crippen molar-refractivity contribution in [1.29, 1.82) is 5.26 Å². The van der Waals surface area contributed by atoms with Crippen LogP contribution in [0.2, 0.25) is 0 Å². The molecule has 7 heteroatoms. The highest BCUT2D eigenvalue weighted by molar-refractivity contribution is 5.72. The van der Waals surface area contributed by atoms with Crippen LogP contribution < -0.4 is 5.73 Å². The number of pyridine rings is 1. The zero-order chi connectivity index (χ0) is 13.7. The van der Waals surface area contributed by atoms with E-state index in [1.807, 2.05) is 0 Å². The number of carbonyl (C=O) groups excluding carboxylic acids is 1. The number of hydrogen-bond acceptors (Lipinski definition) is 5. The highest BCUT2D eigenvalue weighted by atomic mass is 19.3. The molecule has 1 aromatic rings. The van der Waals surface area contributed by atoms with Crippen molar-refractivity contribution >= 4 is 5.97 Å². The first-order valence-electron chi connectivity index (χ1n) is 5.00. The van der Waals surface area contributed by atoms with Gasteiger partial charge in [0.25, 0.3) is 6.43 Å². The number of alkyl halides is 2. The Kier molecular flexibility index (Phi) is 4.68. The highest BCUT2D eigenvalue weighted by Crippen LogP contribution is 2.28. The van der Waals surface area contributed by atoms with Gasteiger partial charge in [-0.05, 0) is 5.56 Å². The maximum atomic E-state index is 12.9. The van der Waals surface area contributed by atoms with Gasteiger partial charge in [-0.2, -0.15) is 5.26 Å². The molecule has 0 atom stereocenters. The van der Waals surface area contributed by atoms with E-state index < -0.39 is 18.0 Å². The molecule has 0 unspecified atom stereocenters. The molecular formula is C11H11F2N3O2. The van der Waals surface area contributed by atoms with Gasteiger partial charge in [-0.3, -0.25) is 9.78 Å². The Bertz CT molecular complexity index is 498. The highest BCUT2D eigenvalue weighted by Gasteiger charge is 2.22. The predicted molar refractivity (Wildman–Crippen MR) is 57.5 cm³/mol. The SMILES string of the molecule is COC(=O)Cc1ncc(C#N)c(C(F)F)c1CN. The maximum Gasteiger partial charge on any atom is 0.311 e. The molecule has 5 nitrogen and oxygen atoms in total. The number of methoxy groups -OCH3 is 1. The molecule has 0 aliphatic rings. The van der Waals surface area contributed by atoms with Crippen molar-refractivity contribution in [1.82, 2.24) is 4.98 Å². The van der Waals surface area contributed by atoms with Crippen LogP contribution in [0.1, 0.15) is 28.8 Å². The molecule has 0 fully saturated rings. The summed E-state index contributed by atoms with van der Waals surface area (Å²) in [7, 11) is 1.18. The average Bonchev–Trinajstić information content (AvgIpc) is 2.37. The van der Waals surface area contributed by atoms with Gasteiger partial charge in [0, 0.05) is 18.3 Å². The van der Waals surface area contributed by atoms with Crippen LogP contribution in [0.5, 0.6) is 0 Å². The molecule has 1 aromatic heterocycles. The van der Waals surface area contributed by atoms with Gasteiger partial charge in [0.15, 0.2) is 0 Å². The Morgan fingerprint density at radius 2 is 2.33 bits per heavy atom. The number of nitriles is 1. The summed E-state index contributed by atoms with van der Waals surface area (Å²) in [5, 5.41) is 8.75. The van der Waals surface area contributed by atoms with Gasteiger partial charge in [-0.25, -0.2) is 8.78 Å². The fourth-order valence-corrected chi connectivity index (χ4v) is 1.54. The second kappa shape index (κ2) is 6.02. The molecule has 18 heavy (non-hydrogen) atoms. The van der Waals surface area contributed by atoms with Gasteiger partial charge in [-0.1, -0.05) is 0 Å². The van der Waals surface area contributed by atoms with Crippen LogP contribution in [-0.2, 0) is 22.5 Å². The Morgan fingerprint density at radius 3 is 2.78 bits per heavy atom. The molecule has 0 aliphatic heterocycles. The third-order valence-corrected chi connectivity index (χ3v) is 2.40. The van der Waals surface area contributed by atoms with E-state index in [9.17, 15) is 13.6 Å². The van der Waals surface area contributed by atoms with Crippen LogP contribution in [0, 0.1) is 11.3 Å². The fourth-order valence-electron chi connectivity index (χ4n) is 1.54. The molecule has 0 aliphatic carbocycles. The van der Waals surface area contributed by atoms with E-state index in [-0.39, 0.29) is 29.8 Å². The fraction of sp³-hybridized carbons (Fsp3) is 0.364. The first-order chi connectivity index (χ1) is 8.54. The van der Waals surface area contributed by atoms with Crippen molar-refractivity contribution in [2.24, 2.45) is 5.73 Å². The van der Waals surface area contributed by atoms with Crippen LogP contribution in [0.4, 0.5) is 8.78 Å². The second-order valence-corrected chi connectivity index (χ2v) is 3.38. The molecule has 0 radical (unpaired) electrons. The van der Waals surface area contributed by atoms with Gasteiger partial charge >= 0.3 is 5.97 Å². The van der Waals surface area contributed by atoms with E-state index in [2.05, 4.69) is 9.72 Å². The standard InChI is InChI=1S/C11H11F2N3O2/c1-18-9(17)2-8-7(4-15)10(11(12)13)6(3-14)5-16-8/h5,11H,2,4,15H2,1H3. The Balaban J connectivity index is 3.34. The Labute approximate surface area is 102 Å². The molecule has 0 saturated heterocycles. The summed E-state index contributed by atoms with van der Waals surface area (Å²) in [5.74, 6) is -0.609. The number of halogens is 2. The molecule has 1 heterocycles. The summed E-state index contributed by atoms with van der Waals surface area (Å²) in [6, 6.07) is 1.63. The number of esters is 1. The van der Waals surface area contributed by atoms with Gasteiger partial charge in [-0.15, -0.1) is 0 Å². The van der Waals surface area contributed by atoms with Gasteiger partial charge in [0.2, 0.25) is 0 Å². The Morgan fingerprint density at radius 1 is 1.67 bits per heavy atom. The van der Waals surface area contributed by atoms with Crippen LogP contribution in [-0.4, -0.2) is 18.1 Å². The van der Waals surface area contributed by atoms with Crippen molar-refractivity contribution < 1.29 is 18.3 Å². The molecule has 0 bridgehead atoms. The van der Waals surface area contributed by atoms with Crippen molar-refractivity contribution in [2.45, 2.75) is 19.4 Å². The first-order valence-corrected chi connectivity index (χ1v) is 5.00. The number of nitrogens with two attached hydrogens (primary N) is 1. The predicted octanol–water partition coefficient (Wildman–Crippen LogP) is 1.07. The monoisotopic (exact) mass is 255 g/mol. The third kappa shape index (κ3) is 2.78. The largest absolute Gasteiger partial charge is 0.469 e. The van der Waals surface area contributed by atoms with E-state index in [0.717, 1.165) is 6.20 Å². The van der Waals surface area contributed by atoms with E-state index in [4.69, 9.17) is 11.0 Å². The van der Waals surface area contributed by atoms with Crippen molar-refractivity contribution in [3.8, 4) is 6.07 Å². The number of ether oxygens (including phenoxy) is 1. The summed E-state index contributed by atoms with van der Waals surface area (Å²) in [5.41, 5.74) is 4.83. The molecule has 2 N–H and O–H groups in total. The molecule has 0 saturated carbocycles. The lowest BCUT2D eigenvalue weighted by molar-refractivity contribution is -0.139. The van der Waals surface area contributed by atoms with Crippen molar-refractivity contribution in [3.63, 3.8) is 0 Å². The minimum Gasteiger partial charge on any atom is -0.469 e.